The van der Waals surface area contributed by atoms with Gasteiger partial charge >= 0.3 is 12.3 Å². The van der Waals surface area contributed by atoms with Crippen LogP contribution in [0.3, 0.4) is 0 Å². The Morgan fingerprint density at radius 2 is 1.45 bits per heavy atom. The van der Waals surface area contributed by atoms with Crippen LogP contribution in [0.2, 0.25) is 0 Å². The molecule has 0 aliphatic heterocycles. The monoisotopic (exact) mass is 176 g/mol. The summed E-state index contributed by atoms with van der Waals surface area (Å²) in [6, 6.07) is 0. The van der Waals surface area contributed by atoms with E-state index in [-0.39, 0.29) is 6.08 Å². The molecule has 0 aromatic heterocycles. The van der Waals surface area contributed by atoms with Gasteiger partial charge in [-0.2, -0.15) is 22.0 Å². The summed E-state index contributed by atoms with van der Waals surface area (Å²) >= 11 is 0. The van der Waals surface area contributed by atoms with Gasteiger partial charge in [0, 0.05) is 6.08 Å². The second-order valence-electron chi connectivity index (χ2n) is 1.48. The quantitative estimate of drug-likeness (QED) is 0.425. The molecule has 0 atom stereocenters. The van der Waals surface area contributed by atoms with E-state index >= 15 is 0 Å². The van der Waals surface area contributed by atoms with Crippen molar-refractivity contribution in [3.63, 3.8) is 0 Å². The largest absolute Gasteiger partial charge is 0.409 e. The van der Waals surface area contributed by atoms with Gasteiger partial charge in [0.25, 0.3) is 0 Å². The van der Waals surface area contributed by atoms with E-state index in [9.17, 15) is 26.3 Å². The van der Waals surface area contributed by atoms with Gasteiger partial charge in [-0.1, -0.05) is 0 Å². The Kier molecular flexibility index (Phi) is 3.16. The molecule has 0 radical (unpaired) electrons. The van der Waals surface area contributed by atoms with E-state index < -0.39 is 24.2 Å². The van der Waals surface area contributed by atoms with Crippen molar-refractivity contribution in [2.24, 2.45) is 0 Å². The maximum Gasteiger partial charge on any atom is 0.409 e. The molecule has 64 valence electrons. The number of halogens is 6. The van der Waals surface area contributed by atoms with E-state index in [2.05, 4.69) is 0 Å². The Morgan fingerprint density at radius 3 is 1.73 bits per heavy atom. The molecule has 0 rings (SSSR count). The van der Waals surface area contributed by atoms with Crippen molar-refractivity contribution in [3.8, 4) is 0 Å². The lowest BCUT2D eigenvalue weighted by Gasteiger charge is -1.95. The Balaban J connectivity index is 4.27. The highest BCUT2D eigenvalue weighted by atomic mass is 19.4. The molecule has 0 aromatic carbocycles. The molecule has 0 aromatic rings. The van der Waals surface area contributed by atoms with Crippen molar-refractivity contribution < 1.29 is 26.3 Å². The minimum atomic E-state index is -4.77. The van der Waals surface area contributed by atoms with Gasteiger partial charge in [-0.05, 0) is 6.08 Å². The Hall–Kier alpha value is -0.940. The number of alkyl halides is 3. The van der Waals surface area contributed by atoms with Gasteiger partial charge < -0.3 is 0 Å². The highest BCUT2D eigenvalue weighted by molar-refractivity contribution is 5.12. The predicted octanol–water partition coefficient (Wildman–Crippen LogP) is 3.18. The van der Waals surface area contributed by atoms with E-state index in [4.69, 9.17) is 0 Å². The molecule has 0 aliphatic carbocycles. The van der Waals surface area contributed by atoms with Crippen molar-refractivity contribution >= 4 is 0 Å². The van der Waals surface area contributed by atoms with Crippen LogP contribution in [0.5, 0.6) is 0 Å². The van der Waals surface area contributed by atoms with Crippen molar-refractivity contribution in [2.75, 3.05) is 0 Å². The summed E-state index contributed by atoms with van der Waals surface area (Å²) < 4.78 is 67.3. The fourth-order valence-corrected chi connectivity index (χ4v) is 0.231. The van der Waals surface area contributed by atoms with Crippen molar-refractivity contribution in [2.45, 2.75) is 6.18 Å². The molecule has 0 unspecified atom stereocenters. The molecule has 0 amide bonds. The third-order valence-electron chi connectivity index (χ3n) is 0.599. The lowest BCUT2D eigenvalue weighted by Crippen LogP contribution is -2.00. The zero-order valence-electron chi connectivity index (χ0n) is 4.92. The van der Waals surface area contributed by atoms with Crippen molar-refractivity contribution in [1.82, 2.24) is 0 Å². The number of rotatable bonds is 1. The topological polar surface area (TPSA) is 0 Å². The van der Waals surface area contributed by atoms with Gasteiger partial charge in [-0.15, -0.1) is 0 Å². The summed E-state index contributed by atoms with van der Waals surface area (Å²) in [6.45, 7) is 0. The van der Waals surface area contributed by atoms with Crippen LogP contribution < -0.4 is 0 Å². The van der Waals surface area contributed by atoms with E-state index in [1.165, 1.54) is 0 Å². The molecule has 0 saturated carbocycles. The van der Waals surface area contributed by atoms with Gasteiger partial charge in [0.15, 0.2) is 5.83 Å². The summed E-state index contributed by atoms with van der Waals surface area (Å²) in [7, 11) is 0. The molecule has 0 fully saturated rings. The molecular weight excluding hydrogens is 174 g/mol. The predicted molar refractivity (Wildman–Crippen MR) is 25.5 cm³/mol. The van der Waals surface area contributed by atoms with Crippen LogP contribution in [-0.4, -0.2) is 6.18 Å². The highest BCUT2D eigenvalue weighted by Gasteiger charge is 2.22. The smallest absolute Gasteiger partial charge is 0.201 e. The van der Waals surface area contributed by atoms with Crippen LogP contribution in [0.15, 0.2) is 24.1 Å². The zero-order chi connectivity index (χ0) is 9.07. The SMILES string of the molecule is FC(F)=C(F)/C=C/C(F)(F)F. The van der Waals surface area contributed by atoms with Crippen LogP contribution >= 0.6 is 0 Å². The first-order valence-corrected chi connectivity index (χ1v) is 2.29. The molecule has 0 aliphatic rings. The van der Waals surface area contributed by atoms with Gasteiger partial charge in [0.2, 0.25) is 0 Å². The second kappa shape index (κ2) is 3.45. The van der Waals surface area contributed by atoms with Crippen molar-refractivity contribution in [1.29, 1.82) is 0 Å². The van der Waals surface area contributed by atoms with Gasteiger partial charge in [-0.3, -0.25) is 0 Å². The maximum atomic E-state index is 11.6. The Labute approximate surface area is 57.8 Å². The van der Waals surface area contributed by atoms with E-state index in [1.54, 1.807) is 0 Å². The molecule has 0 saturated heterocycles. The molecule has 0 spiro atoms. The van der Waals surface area contributed by atoms with Crippen LogP contribution in [0.1, 0.15) is 0 Å². The molecule has 11 heavy (non-hydrogen) atoms. The van der Waals surface area contributed by atoms with Crippen LogP contribution in [-0.2, 0) is 0 Å². The summed E-state index contributed by atoms with van der Waals surface area (Å²) in [6.07, 6.45) is -8.49. The van der Waals surface area contributed by atoms with Gasteiger partial charge in [0.05, 0.1) is 0 Å². The summed E-state index contributed by atoms with van der Waals surface area (Å²) in [5, 5.41) is 0. The normalized spacial score (nSPS) is 12.2. The minimum absolute atomic E-state index is 0.338. The molecule has 0 bridgehead atoms. The van der Waals surface area contributed by atoms with E-state index in [1.807, 2.05) is 0 Å². The first-order valence-electron chi connectivity index (χ1n) is 2.29. The van der Waals surface area contributed by atoms with Crippen LogP contribution in [0, 0.1) is 0 Å². The lowest BCUT2D eigenvalue weighted by atomic mass is 10.4. The summed E-state index contributed by atoms with van der Waals surface area (Å²) in [4.78, 5) is 0. The molecular formula is C5H2F6. The van der Waals surface area contributed by atoms with E-state index in [0.29, 0.717) is 0 Å². The zero-order valence-corrected chi connectivity index (χ0v) is 4.92. The lowest BCUT2D eigenvalue weighted by molar-refractivity contribution is -0.0799. The average Bonchev–Trinajstić information content (AvgIpc) is 1.80. The average molecular weight is 176 g/mol. The second-order valence-corrected chi connectivity index (χ2v) is 1.48. The molecule has 0 heterocycles. The Bertz CT molecular complexity index is 182. The fourth-order valence-electron chi connectivity index (χ4n) is 0.231. The maximum absolute atomic E-state index is 11.6. The summed E-state index contributed by atoms with van der Waals surface area (Å²) in [5.41, 5.74) is 0. The standard InChI is InChI=1S/C5H2F6/c6-3(4(7)8)1-2-5(9,10)11/h1-2H/b2-1+. The number of hydrogen-bond acceptors (Lipinski definition) is 0. The first kappa shape index (κ1) is 10.1. The summed E-state index contributed by atoms with van der Waals surface area (Å²) in [5.74, 6) is -2.18. The highest BCUT2D eigenvalue weighted by Crippen LogP contribution is 2.19. The minimum Gasteiger partial charge on any atom is -0.201 e. The van der Waals surface area contributed by atoms with Crippen LogP contribution in [0.4, 0.5) is 26.3 Å². The van der Waals surface area contributed by atoms with Crippen molar-refractivity contribution in [3.05, 3.63) is 24.1 Å². The third kappa shape index (κ3) is 5.50. The van der Waals surface area contributed by atoms with E-state index in [0.717, 1.165) is 0 Å². The molecule has 0 N–H and O–H groups in total. The first-order chi connectivity index (χ1) is 4.83. The molecule has 6 heteroatoms. The van der Waals surface area contributed by atoms with Gasteiger partial charge in [0.1, 0.15) is 0 Å². The Morgan fingerprint density at radius 1 is 1.00 bits per heavy atom. The number of hydrogen-bond donors (Lipinski definition) is 0. The number of allylic oxidation sites excluding steroid dienone is 3. The van der Waals surface area contributed by atoms with Crippen LogP contribution in [0.25, 0.3) is 0 Å². The fraction of sp³-hybridized carbons (Fsp3) is 0.200. The molecule has 0 nitrogen and oxygen atoms in total. The third-order valence-corrected chi connectivity index (χ3v) is 0.599. The van der Waals surface area contributed by atoms with Gasteiger partial charge in [-0.25, -0.2) is 4.39 Å².